The summed E-state index contributed by atoms with van der Waals surface area (Å²) in [5.41, 5.74) is 5.54. The molecular weight excluding hydrogens is 380 g/mol. The normalized spacial score (nSPS) is 13.6. The van der Waals surface area contributed by atoms with E-state index in [1.165, 1.54) is 11.3 Å². The standard InChI is InChI=1S/C12H15BrN2O2S3/c1-8(5-9-3-2-4-18-9)15-20(16,17)11-6-10(7-14)19-12(11)13/h2-4,6,8,15H,5,7,14H2,1H3. The van der Waals surface area contributed by atoms with Crippen molar-refractivity contribution in [3.8, 4) is 0 Å². The number of nitrogens with two attached hydrogens (primary N) is 1. The lowest BCUT2D eigenvalue weighted by atomic mass is 10.2. The van der Waals surface area contributed by atoms with E-state index in [0.29, 0.717) is 16.8 Å². The Morgan fingerprint density at radius 1 is 1.45 bits per heavy atom. The van der Waals surface area contributed by atoms with E-state index in [1.807, 2.05) is 24.4 Å². The summed E-state index contributed by atoms with van der Waals surface area (Å²) in [6.45, 7) is 2.20. The summed E-state index contributed by atoms with van der Waals surface area (Å²) in [5.74, 6) is 0. The predicted molar refractivity (Wildman–Crippen MR) is 87.7 cm³/mol. The largest absolute Gasteiger partial charge is 0.326 e. The summed E-state index contributed by atoms with van der Waals surface area (Å²) < 4.78 is 28.0. The van der Waals surface area contributed by atoms with Crippen LogP contribution in [0.25, 0.3) is 0 Å². The first-order valence-electron chi connectivity index (χ1n) is 5.95. The van der Waals surface area contributed by atoms with Gasteiger partial charge in [0.15, 0.2) is 0 Å². The maximum Gasteiger partial charge on any atom is 0.242 e. The summed E-state index contributed by atoms with van der Waals surface area (Å²) >= 11 is 6.26. The number of sulfonamides is 1. The molecular formula is C12H15BrN2O2S3. The molecule has 1 unspecified atom stereocenters. The lowest BCUT2D eigenvalue weighted by molar-refractivity contribution is 0.560. The highest BCUT2D eigenvalue weighted by molar-refractivity contribution is 9.11. The first-order valence-corrected chi connectivity index (χ1v) is 9.92. The second-order valence-corrected chi connectivity index (χ2v) is 9.53. The second kappa shape index (κ2) is 6.67. The molecule has 2 heterocycles. The zero-order chi connectivity index (χ0) is 14.8. The van der Waals surface area contributed by atoms with Crippen molar-refractivity contribution < 1.29 is 8.42 Å². The fraction of sp³-hybridized carbons (Fsp3) is 0.333. The second-order valence-electron chi connectivity index (χ2n) is 4.36. The number of halogens is 1. The van der Waals surface area contributed by atoms with Crippen molar-refractivity contribution in [1.82, 2.24) is 4.72 Å². The topological polar surface area (TPSA) is 72.2 Å². The van der Waals surface area contributed by atoms with Gasteiger partial charge in [0.05, 0.1) is 3.79 Å². The van der Waals surface area contributed by atoms with Crippen LogP contribution < -0.4 is 10.5 Å². The van der Waals surface area contributed by atoms with Crippen LogP contribution >= 0.6 is 38.6 Å². The maximum atomic E-state index is 12.3. The van der Waals surface area contributed by atoms with Crippen molar-refractivity contribution in [2.24, 2.45) is 5.73 Å². The molecule has 0 aliphatic heterocycles. The monoisotopic (exact) mass is 394 g/mol. The van der Waals surface area contributed by atoms with Gasteiger partial charge in [-0.2, -0.15) is 0 Å². The summed E-state index contributed by atoms with van der Waals surface area (Å²) in [6.07, 6.45) is 0.683. The van der Waals surface area contributed by atoms with Crippen LogP contribution in [-0.4, -0.2) is 14.5 Å². The molecule has 4 nitrogen and oxygen atoms in total. The van der Waals surface area contributed by atoms with Gasteiger partial charge in [-0.05, 0) is 46.8 Å². The zero-order valence-electron chi connectivity index (χ0n) is 10.8. The molecule has 20 heavy (non-hydrogen) atoms. The summed E-state index contributed by atoms with van der Waals surface area (Å²) in [7, 11) is -3.52. The molecule has 8 heteroatoms. The highest BCUT2D eigenvalue weighted by Crippen LogP contribution is 2.31. The van der Waals surface area contributed by atoms with Crippen molar-refractivity contribution in [1.29, 1.82) is 0 Å². The van der Waals surface area contributed by atoms with E-state index in [2.05, 4.69) is 20.7 Å². The first-order chi connectivity index (χ1) is 9.42. The Balaban J connectivity index is 2.12. The Bertz CT molecular complexity index is 665. The molecule has 2 aromatic rings. The van der Waals surface area contributed by atoms with Crippen LogP contribution in [0.2, 0.25) is 0 Å². The molecule has 0 amide bonds. The van der Waals surface area contributed by atoms with Gasteiger partial charge < -0.3 is 5.73 Å². The summed E-state index contributed by atoms with van der Waals surface area (Å²) in [6, 6.07) is 5.42. The molecule has 3 N–H and O–H groups in total. The van der Waals surface area contributed by atoms with E-state index in [1.54, 1.807) is 17.4 Å². The Morgan fingerprint density at radius 3 is 2.75 bits per heavy atom. The van der Waals surface area contributed by atoms with Gasteiger partial charge in [-0.25, -0.2) is 13.1 Å². The van der Waals surface area contributed by atoms with Gasteiger partial charge >= 0.3 is 0 Å². The van der Waals surface area contributed by atoms with Crippen LogP contribution in [0.15, 0.2) is 32.3 Å². The number of hydrogen-bond donors (Lipinski definition) is 2. The SMILES string of the molecule is CC(Cc1cccs1)NS(=O)(=O)c1cc(CN)sc1Br. The first kappa shape index (κ1) is 16.1. The third-order valence-corrected chi connectivity index (χ3v) is 7.40. The molecule has 0 saturated carbocycles. The van der Waals surface area contributed by atoms with Crippen LogP contribution in [0.3, 0.4) is 0 Å². The number of nitrogens with one attached hydrogen (secondary N) is 1. The Hall–Kier alpha value is -0.250. The fourth-order valence-electron chi connectivity index (χ4n) is 1.78. The predicted octanol–water partition coefficient (Wildman–Crippen LogP) is 2.94. The van der Waals surface area contributed by atoms with Crippen LogP contribution in [0.5, 0.6) is 0 Å². The van der Waals surface area contributed by atoms with Gasteiger partial charge in [0.1, 0.15) is 4.90 Å². The van der Waals surface area contributed by atoms with Crippen molar-refractivity contribution in [2.45, 2.75) is 30.8 Å². The van der Waals surface area contributed by atoms with Gasteiger partial charge in [-0.15, -0.1) is 22.7 Å². The van der Waals surface area contributed by atoms with Gasteiger partial charge in [0.25, 0.3) is 0 Å². The molecule has 0 radical (unpaired) electrons. The van der Waals surface area contributed by atoms with Crippen molar-refractivity contribution in [3.63, 3.8) is 0 Å². The summed E-state index contributed by atoms with van der Waals surface area (Å²) in [5, 5.41) is 1.99. The van der Waals surface area contributed by atoms with E-state index in [0.717, 1.165) is 9.75 Å². The molecule has 0 bridgehead atoms. The minimum absolute atomic E-state index is 0.160. The lowest BCUT2D eigenvalue weighted by Gasteiger charge is -2.12. The third kappa shape index (κ3) is 3.90. The third-order valence-electron chi connectivity index (χ3n) is 2.64. The Kier molecular flexibility index (Phi) is 5.38. The van der Waals surface area contributed by atoms with Crippen LogP contribution in [-0.2, 0) is 23.0 Å². The van der Waals surface area contributed by atoms with Gasteiger partial charge in [0.2, 0.25) is 10.0 Å². The average Bonchev–Trinajstić information content (AvgIpc) is 2.97. The molecule has 2 rings (SSSR count). The molecule has 0 spiro atoms. The minimum atomic E-state index is -3.52. The quantitative estimate of drug-likeness (QED) is 0.790. The highest BCUT2D eigenvalue weighted by atomic mass is 79.9. The van der Waals surface area contributed by atoms with Crippen LogP contribution in [0, 0.1) is 0 Å². The molecule has 0 fully saturated rings. The molecule has 0 aliphatic carbocycles. The molecule has 0 aromatic carbocycles. The highest BCUT2D eigenvalue weighted by Gasteiger charge is 2.22. The molecule has 1 atom stereocenters. The molecule has 110 valence electrons. The van der Waals surface area contributed by atoms with Crippen molar-refractivity contribution >= 4 is 48.6 Å². The fourth-order valence-corrected chi connectivity index (χ4v) is 6.42. The van der Waals surface area contributed by atoms with E-state index >= 15 is 0 Å². The minimum Gasteiger partial charge on any atom is -0.326 e. The Morgan fingerprint density at radius 2 is 2.20 bits per heavy atom. The number of thiophene rings is 2. The van der Waals surface area contributed by atoms with Crippen molar-refractivity contribution in [3.05, 3.63) is 37.1 Å². The van der Waals surface area contributed by atoms with Crippen molar-refractivity contribution in [2.75, 3.05) is 0 Å². The van der Waals surface area contributed by atoms with Crippen LogP contribution in [0.1, 0.15) is 16.7 Å². The van der Waals surface area contributed by atoms with E-state index in [-0.39, 0.29) is 10.9 Å². The molecule has 0 saturated heterocycles. The van der Waals surface area contributed by atoms with Gasteiger partial charge in [-0.1, -0.05) is 6.07 Å². The number of rotatable bonds is 6. The Labute approximate surface area is 135 Å². The molecule has 2 aromatic heterocycles. The van der Waals surface area contributed by atoms with Gasteiger partial charge in [-0.3, -0.25) is 0 Å². The average molecular weight is 395 g/mol. The van der Waals surface area contributed by atoms with E-state index < -0.39 is 10.0 Å². The maximum absolute atomic E-state index is 12.3. The van der Waals surface area contributed by atoms with E-state index in [4.69, 9.17) is 5.73 Å². The van der Waals surface area contributed by atoms with Crippen LogP contribution in [0.4, 0.5) is 0 Å². The molecule has 0 aliphatic rings. The smallest absolute Gasteiger partial charge is 0.242 e. The van der Waals surface area contributed by atoms with Gasteiger partial charge in [0, 0.05) is 22.3 Å². The lowest BCUT2D eigenvalue weighted by Crippen LogP contribution is -2.33. The zero-order valence-corrected chi connectivity index (χ0v) is 14.8. The number of hydrogen-bond acceptors (Lipinski definition) is 5. The van der Waals surface area contributed by atoms with E-state index in [9.17, 15) is 8.42 Å². The summed E-state index contributed by atoms with van der Waals surface area (Å²) in [4.78, 5) is 2.26.